The molecule has 3 aliphatic heterocycles. The van der Waals surface area contributed by atoms with Crippen LogP contribution in [0, 0.1) is 0 Å². The summed E-state index contributed by atoms with van der Waals surface area (Å²) in [4.78, 5) is 6.18. The molecule has 1 spiro atoms. The Balaban J connectivity index is 1.68. The Morgan fingerprint density at radius 2 is 2.17 bits per heavy atom. The van der Waals surface area contributed by atoms with Gasteiger partial charge in [-0.25, -0.2) is 4.99 Å². The fourth-order valence-corrected chi connectivity index (χ4v) is 4.12. The van der Waals surface area contributed by atoms with Gasteiger partial charge in [0.2, 0.25) is 0 Å². The van der Waals surface area contributed by atoms with Crippen LogP contribution in [0.25, 0.3) is 0 Å². The second-order valence-corrected chi connectivity index (χ2v) is 6.70. The second-order valence-electron chi connectivity index (χ2n) is 6.70. The van der Waals surface area contributed by atoms with E-state index >= 15 is 0 Å². The molecule has 0 aromatic rings. The Bertz CT molecular complexity index is 612. The van der Waals surface area contributed by atoms with Crippen LogP contribution in [0.3, 0.4) is 0 Å². The van der Waals surface area contributed by atoms with Gasteiger partial charge in [-0.1, -0.05) is 6.58 Å². The molecule has 4 rings (SSSR count). The first kappa shape index (κ1) is 15.1. The fraction of sp³-hybridized carbons (Fsp3) is 0.688. The zero-order valence-corrected chi connectivity index (χ0v) is 13.7. The number of nitrogens with two attached hydrogens (primary N) is 1. The molecule has 1 aliphatic carbocycles. The van der Waals surface area contributed by atoms with Crippen molar-refractivity contribution >= 4 is 5.84 Å². The molecule has 7 nitrogen and oxygen atoms in total. The number of nitrogens with zero attached hydrogens (tertiary/aromatic N) is 2. The first-order valence-electron chi connectivity index (χ1n) is 7.85. The number of ether oxygens (including phenoxy) is 4. The molecule has 4 aliphatic rings. The van der Waals surface area contributed by atoms with E-state index in [1.807, 2.05) is 18.0 Å². The van der Waals surface area contributed by atoms with E-state index in [0.29, 0.717) is 18.3 Å². The zero-order chi connectivity index (χ0) is 16.4. The summed E-state index contributed by atoms with van der Waals surface area (Å²) in [6.45, 7) is 6.33. The van der Waals surface area contributed by atoms with E-state index in [-0.39, 0.29) is 24.0 Å². The highest BCUT2D eigenvalue weighted by molar-refractivity contribution is 5.97. The Morgan fingerprint density at radius 1 is 1.43 bits per heavy atom. The van der Waals surface area contributed by atoms with Gasteiger partial charge in [-0.3, -0.25) is 0 Å². The minimum Gasteiger partial charge on any atom is -0.383 e. The highest BCUT2D eigenvalue weighted by Crippen LogP contribution is 2.63. The fourth-order valence-electron chi connectivity index (χ4n) is 4.12. The van der Waals surface area contributed by atoms with Gasteiger partial charge in [-0.2, -0.15) is 0 Å². The molecule has 1 unspecified atom stereocenters. The van der Waals surface area contributed by atoms with Gasteiger partial charge in [0, 0.05) is 26.0 Å². The summed E-state index contributed by atoms with van der Waals surface area (Å²) in [6.07, 6.45) is 3.11. The van der Waals surface area contributed by atoms with Gasteiger partial charge in [0.1, 0.15) is 29.5 Å². The third-order valence-corrected chi connectivity index (χ3v) is 5.38. The van der Waals surface area contributed by atoms with E-state index < -0.39 is 5.60 Å². The molecular formula is C16H23N3O4. The highest BCUT2D eigenvalue weighted by atomic mass is 16.7. The third kappa shape index (κ3) is 1.82. The zero-order valence-electron chi connectivity index (χ0n) is 13.7. The summed E-state index contributed by atoms with van der Waals surface area (Å²) < 4.78 is 24.1. The average molecular weight is 321 g/mol. The Labute approximate surface area is 135 Å². The number of amidine groups is 1. The molecule has 2 bridgehead atoms. The van der Waals surface area contributed by atoms with Gasteiger partial charge >= 0.3 is 0 Å². The quantitative estimate of drug-likeness (QED) is 0.822. The number of methoxy groups -OCH3 is 2. The lowest BCUT2D eigenvalue weighted by atomic mass is 9.91. The van der Waals surface area contributed by atoms with E-state index in [0.717, 1.165) is 18.4 Å². The van der Waals surface area contributed by atoms with Crippen molar-refractivity contribution < 1.29 is 18.9 Å². The molecule has 2 saturated heterocycles. The maximum absolute atomic E-state index is 6.50. The number of hydrogen-bond acceptors (Lipinski definition) is 7. The normalized spacial score (nSPS) is 40.6. The number of aliphatic imine (C=N–C) groups is 1. The number of rotatable bonds is 4. The summed E-state index contributed by atoms with van der Waals surface area (Å²) >= 11 is 0. The third-order valence-electron chi connectivity index (χ3n) is 5.38. The van der Waals surface area contributed by atoms with E-state index in [4.69, 9.17) is 24.7 Å². The van der Waals surface area contributed by atoms with E-state index in [1.165, 1.54) is 0 Å². The van der Waals surface area contributed by atoms with E-state index in [1.54, 1.807) is 14.2 Å². The molecule has 3 heterocycles. The van der Waals surface area contributed by atoms with Crippen LogP contribution in [0.1, 0.15) is 19.8 Å². The molecule has 2 N–H and O–H groups in total. The van der Waals surface area contributed by atoms with Crippen LogP contribution in [0.15, 0.2) is 29.2 Å². The van der Waals surface area contributed by atoms with Crippen molar-refractivity contribution in [1.82, 2.24) is 4.90 Å². The van der Waals surface area contributed by atoms with Crippen molar-refractivity contribution in [2.45, 2.75) is 49.4 Å². The van der Waals surface area contributed by atoms with Crippen molar-refractivity contribution in [3.8, 4) is 0 Å². The topological polar surface area (TPSA) is 78.5 Å². The predicted molar refractivity (Wildman–Crippen MR) is 83.5 cm³/mol. The van der Waals surface area contributed by atoms with Gasteiger partial charge in [0.05, 0.1) is 6.61 Å². The first-order valence-corrected chi connectivity index (χ1v) is 7.85. The molecule has 1 saturated carbocycles. The largest absolute Gasteiger partial charge is 0.383 e. The van der Waals surface area contributed by atoms with Crippen molar-refractivity contribution in [1.29, 1.82) is 0 Å². The highest BCUT2D eigenvalue weighted by Gasteiger charge is 2.79. The van der Waals surface area contributed by atoms with Gasteiger partial charge in [0.25, 0.3) is 0 Å². The van der Waals surface area contributed by atoms with Gasteiger partial charge in [-0.05, 0) is 19.8 Å². The Morgan fingerprint density at radius 3 is 2.78 bits per heavy atom. The van der Waals surface area contributed by atoms with Gasteiger partial charge in [-0.15, -0.1) is 0 Å². The standard InChI is InChI=1S/C16H23N3O4/c1-9-7-19(10(2)18-13(9)17)14-11-12(21-4)16(23-14,8-20-3)15(22-11)5-6-15/h7,11-12,14H,2,5-6,8H2,1,3-4H3,(H2,17,18)/t11-,12?,14+,16+/m0/s1. The molecule has 3 fully saturated rings. The summed E-state index contributed by atoms with van der Waals surface area (Å²) in [7, 11) is 3.37. The van der Waals surface area contributed by atoms with Crippen molar-refractivity contribution in [3.63, 3.8) is 0 Å². The molecule has 126 valence electrons. The molecule has 0 amide bonds. The van der Waals surface area contributed by atoms with Crippen LogP contribution in [-0.2, 0) is 18.9 Å². The van der Waals surface area contributed by atoms with Crippen LogP contribution >= 0.6 is 0 Å². The van der Waals surface area contributed by atoms with Crippen molar-refractivity contribution in [3.05, 3.63) is 24.2 Å². The Kier molecular flexibility index (Phi) is 3.16. The smallest absolute Gasteiger partial charge is 0.165 e. The molecule has 0 radical (unpaired) electrons. The average Bonchev–Trinajstić information content (AvgIpc) is 3.15. The second kappa shape index (κ2) is 4.80. The summed E-state index contributed by atoms with van der Waals surface area (Å²) in [5.41, 5.74) is 5.88. The lowest BCUT2D eigenvalue weighted by Gasteiger charge is -2.41. The minimum atomic E-state index is -0.583. The SMILES string of the molecule is C=C1N=C(N)C(C)=CN1[C@@H]1O[C@]2(COC)C(OC)[C@@H]1OC21CC1. The lowest BCUT2D eigenvalue weighted by molar-refractivity contribution is -0.241. The van der Waals surface area contributed by atoms with Crippen LogP contribution in [0.5, 0.6) is 0 Å². The van der Waals surface area contributed by atoms with E-state index in [9.17, 15) is 0 Å². The summed E-state index contributed by atoms with van der Waals surface area (Å²) in [6, 6.07) is 0. The summed E-state index contributed by atoms with van der Waals surface area (Å²) in [5.74, 6) is 1.02. The maximum Gasteiger partial charge on any atom is 0.165 e. The number of hydrogen-bond donors (Lipinski definition) is 1. The van der Waals surface area contributed by atoms with Crippen molar-refractivity contribution in [2.75, 3.05) is 20.8 Å². The molecule has 0 aromatic carbocycles. The Hall–Kier alpha value is -1.41. The first-order chi connectivity index (χ1) is 11.0. The van der Waals surface area contributed by atoms with E-state index in [2.05, 4.69) is 11.6 Å². The predicted octanol–water partition coefficient (Wildman–Crippen LogP) is 0.722. The van der Waals surface area contributed by atoms with Crippen LogP contribution < -0.4 is 5.73 Å². The van der Waals surface area contributed by atoms with Gasteiger partial charge in [0.15, 0.2) is 11.8 Å². The van der Waals surface area contributed by atoms with Gasteiger partial charge < -0.3 is 29.6 Å². The maximum atomic E-state index is 6.50. The molecule has 0 aromatic heterocycles. The molecule has 4 atom stereocenters. The van der Waals surface area contributed by atoms with Crippen LogP contribution in [-0.4, -0.2) is 61.2 Å². The summed E-state index contributed by atoms with van der Waals surface area (Å²) in [5, 5.41) is 0. The van der Waals surface area contributed by atoms with Crippen molar-refractivity contribution in [2.24, 2.45) is 10.7 Å². The van der Waals surface area contributed by atoms with Crippen LogP contribution in [0.2, 0.25) is 0 Å². The molecule has 23 heavy (non-hydrogen) atoms. The van der Waals surface area contributed by atoms with Crippen LogP contribution in [0.4, 0.5) is 0 Å². The molecule has 7 heteroatoms. The number of fused-ring (bicyclic) bond motifs is 3. The lowest BCUT2D eigenvalue weighted by Crippen LogP contribution is -2.55. The monoisotopic (exact) mass is 321 g/mol. The molecular weight excluding hydrogens is 298 g/mol. The minimum absolute atomic E-state index is 0.181.